The molecule has 0 aliphatic heterocycles. The summed E-state index contributed by atoms with van der Waals surface area (Å²) < 4.78 is 26.9. The SMILES string of the molecule is COc1ccc(/C=C/C(=O)Nc2cnn(Cc3ccc(F)cc3)c2)cc1COc1ccc(Cl)cc1Br. The molecule has 36 heavy (non-hydrogen) atoms. The van der Waals surface area contributed by atoms with E-state index in [1.165, 1.54) is 18.2 Å². The molecule has 4 rings (SSSR count). The topological polar surface area (TPSA) is 65.4 Å². The Hall–Kier alpha value is -3.62. The van der Waals surface area contributed by atoms with Gasteiger partial charge >= 0.3 is 0 Å². The van der Waals surface area contributed by atoms with E-state index >= 15 is 0 Å². The van der Waals surface area contributed by atoms with Crippen molar-refractivity contribution in [1.29, 1.82) is 0 Å². The molecule has 0 aliphatic carbocycles. The van der Waals surface area contributed by atoms with Gasteiger partial charge in [0.1, 0.15) is 23.9 Å². The third-order valence-corrected chi connectivity index (χ3v) is 6.02. The van der Waals surface area contributed by atoms with Crippen LogP contribution in [0.3, 0.4) is 0 Å². The van der Waals surface area contributed by atoms with Gasteiger partial charge in [-0.3, -0.25) is 9.48 Å². The highest BCUT2D eigenvalue weighted by molar-refractivity contribution is 9.10. The van der Waals surface area contributed by atoms with Crippen LogP contribution in [0.4, 0.5) is 10.1 Å². The van der Waals surface area contributed by atoms with E-state index in [1.807, 2.05) is 18.2 Å². The zero-order chi connectivity index (χ0) is 25.5. The third-order valence-electron chi connectivity index (χ3n) is 5.17. The van der Waals surface area contributed by atoms with Crippen molar-refractivity contribution in [1.82, 2.24) is 9.78 Å². The molecule has 0 radical (unpaired) electrons. The molecule has 1 aromatic heterocycles. The standard InChI is InChI=1S/C27H22BrClFN3O3/c1-35-25-9-4-18(12-20(25)17-36-26-10-6-21(29)13-24(26)28)5-11-27(34)32-23-14-31-33(16-23)15-19-2-7-22(30)8-3-19/h2-14,16H,15,17H2,1H3,(H,32,34)/b11-5+. The molecule has 1 amide bonds. The number of halogens is 3. The fourth-order valence-corrected chi connectivity index (χ4v) is 4.21. The van der Waals surface area contributed by atoms with Gasteiger partial charge < -0.3 is 14.8 Å². The first kappa shape index (κ1) is 25.5. The number of nitrogens with zero attached hydrogens (tertiary/aromatic N) is 2. The number of benzene rings is 3. The van der Waals surface area contributed by atoms with Crippen molar-refractivity contribution in [2.75, 3.05) is 12.4 Å². The predicted molar refractivity (Wildman–Crippen MR) is 142 cm³/mol. The second-order valence-electron chi connectivity index (χ2n) is 7.81. The summed E-state index contributed by atoms with van der Waals surface area (Å²) in [5, 5.41) is 7.63. The normalized spacial score (nSPS) is 11.0. The Labute approximate surface area is 221 Å². The molecule has 0 saturated carbocycles. The van der Waals surface area contributed by atoms with E-state index in [1.54, 1.807) is 60.6 Å². The van der Waals surface area contributed by atoms with E-state index in [4.69, 9.17) is 21.1 Å². The molecule has 0 spiro atoms. The van der Waals surface area contributed by atoms with Gasteiger partial charge in [-0.1, -0.05) is 29.8 Å². The van der Waals surface area contributed by atoms with Crippen molar-refractivity contribution in [2.24, 2.45) is 0 Å². The van der Waals surface area contributed by atoms with Crippen LogP contribution in [0.15, 0.2) is 83.6 Å². The third kappa shape index (κ3) is 6.96. The number of hydrogen-bond acceptors (Lipinski definition) is 4. The summed E-state index contributed by atoms with van der Waals surface area (Å²) in [6.07, 6.45) is 6.43. The Kier molecular flexibility index (Phi) is 8.40. The van der Waals surface area contributed by atoms with Crippen molar-refractivity contribution in [3.05, 3.63) is 111 Å². The zero-order valence-corrected chi connectivity index (χ0v) is 21.6. The van der Waals surface area contributed by atoms with Crippen LogP contribution in [0.1, 0.15) is 16.7 Å². The van der Waals surface area contributed by atoms with Crippen LogP contribution in [-0.4, -0.2) is 22.8 Å². The van der Waals surface area contributed by atoms with Crippen LogP contribution < -0.4 is 14.8 Å². The largest absolute Gasteiger partial charge is 0.496 e. The summed E-state index contributed by atoms with van der Waals surface area (Å²) in [5.74, 6) is 0.747. The van der Waals surface area contributed by atoms with Crippen LogP contribution in [0, 0.1) is 5.82 Å². The lowest BCUT2D eigenvalue weighted by atomic mass is 10.1. The van der Waals surface area contributed by atoms with Gasteiger partial charge in [0.15, 0.2) is 0 Å². The number of nitrogens with one attached hydrogen (secondary N) is 1. The Morgan fingerprint density at radius 2 is 1.92 bits per heavy atom. The second kappa shape index (κ2) is 11.9. The van der Waals surface area contributed by atoms with E-state index in [0.29, 0.717) is 28.8 Å². The molecule has 0 bridgehead atoms. The van der Waals surface area contributed by atoms with Crippen LogP contribution in [0.25, 0.3) is 6.08 Å². The van der Waals surface area contributed by atoms with Gasteiger partial charge in [0.05, 0.1) is 30.0 Å². The maximum atomic E-state index is 13.1. The molecule has 0 atom stereocenters. The first-order chi connectivity index (χ1) is 17.4. The number of methoxy groups -OCH3 is 1. The molecule has 184 valence electrons. The van der Waals surface area contributed by atoms with Crippen LogP contribution in [0.5, 0.6) is 11.5 Å². The van der Waals surface area contributed by atoms with E-state index < -0.39 is 0 Å². The number of anilines is 1. The highest BCUT2D eigenvalue weighted by Crippen LogP contribution is 2.30. The van der Waals surface area contributed by atoms with Crippen molar-refractivity contribution in [3.63, 3.8) is 0 Å². The minimum atomic E-state index is -0.296. The number of hydrogen-bond donors (Lipinski definition) is 1. The summed E-state index contributed by atoms with van der Waals surface area (Å²) in [4.78, 5) is 12.4. The summed E-state index contributed by atoms with van der Waals surface area (Å²) >= 11 is 9.43. The summed E-state index contributed by atoms with van der Waals surface area (Å²) in [7, 11) is 1.59. The Balaban J connectivity index is 1.37. The first-order valence-electron chi connectivity index (χ1n) is 10.9. The van der Waals surface area contributed by atoms with Gasteiger partial charge in [-0.05, 0) is 75.6 Å². The Morgan fingerprint density at radius 3 is 2.67 bits per heavy atom. The second-order valence-corrected chi connectivity index (χ2v) is 9.10. The average molecular weight is 571 g/mol. The van der Waals surface area contributed by atoms with Crippen molar-refractivity contribution in [3.8, 4) is 11.5 Å². The lowest BCUT2D eigenvalue weighted by Crippen LogP contribution is -2.07. The Bertz CT molecular complexity index is 1390. The Morgan fingerprint density at radius 1 is 1.14 bits per heavy atom. The number of rotatable bonds is 9. The van der Waals surface area contributed by atoms with Gasteiger partial charge in [-0.2, -0.15) is 5.10 Å². The fraction of sp³-hybridized carbons (Fsp3) is 0.111. The van der Waals surface area contributed by atoms with E-state index in [2.05, 4.69) is 26.3 Å². The van der Waals surface area contributed by atoms with E-state index in [9.17, 15) is 9.18 Å². The zero-order valence-electron chi connectivity index (χ0n) is 19.3. The van der Waals surface area contributed by atoms with Gasteiger partial charge in [0.2, 0.25) is 5.91 Å². The maximum Gasteiger partial charge on any atom is 0.248 e. The summed E-state index contributed by atoms with van der Waals surface area (Å²) in [5.41, 5.74) is 3.10. The average Bonchev–Trinajstić information content (AvgIpc) is 3.30. The molecule has 3 aromatic carbocycles. The smallest absolute Gasteiger partial charge is 0.248 e. The first-order valence-corrected chi connectivity index (χ1v) is 12.1. The van der Waals surface area contributed by atoms with Gasteiger partial charge in [-0.15, -0.1) is 0 Å². The molecule has 9 heteroatoms. The number of carbonyl (C=O) groups excluding carboxylic acids is 1. The predicted octanol–water partition coefficient (Wildman–Crippen LogP) is 6.73. The molecule has 0 unspecified atom stereocenters. The highest BCUT2D eigenvalue weighted by atomic mass is 79.9. The van der Waals surface area contributed by atoms with Crippen LogP contribution in [-0.2, 0) is 17.9 Å². The molecule has 4 aromatic rings. The molecule has 0 saturated heterocycles. The van der Waals surface area contributed by atoms with Gasteiger partial charge in [0, 0.05) is 22.9 Å². The number of ether oxygens (including phenoxy) is 2. The highest BCUT2D eigenvalue weighted by Gasteiger charge is 2.08. The summed E-state index contributed by atoms with van der Waals surface area (Å²) in [6, 6.07) is 17.1. The minimum absolute atomic E-state index is 0.268. The summed E-state index contributed by atoms with van der Waals surface area (Å²) in [6.45, 7) is 0.736. The lowest BCUT2D eigenvalue weighted by Gasteiger charge is -2.12. The molecule has 6 nitrogen and oxygen atoms in total. The monoisotopic (exact) mass is 569 g/mol. The molecular weight excluding hydrogens is 549 g/mol. The van der Waals surface area contributed by atoms with E-state index in [0.717, 1.165) is 21.2 Å². The quantitative estimate of drug-likeness (QED) is 0.227. The van der Waals surface area contributed by atoms with Gasteiger partial charge in [0.25, 0.3) is 0 Å². The van der Waals surface area contributed by atoms with Gasteiger partial charge in [-0.25, -0.2) is 4.39 Å². The molecule has 1 N–H and O–H groups in total. The lowest BCUT2D eigenvalue weighted by molar-refractivity contribution is -0.111. The number of amides is 1. The fourth-order valence-electron chi connectivity index (χ4n) is 3.41. The van der Waals surface area contributed by atoms with Crippen molar-refractivity contribution in [2.45, 2.75) is 13.2 Å². The van der Waals surface area contributed by atoms with Crippen molar-refractivity contribution >= 4 is 45.2 Å². The molecule has 0 fully saturated rings. The molecular formula is C27H22BrClFN3O3. The van der Waals surface area contributed by atoms with Crippen molar-refractivity contribution < 1.29 is 18.7 Å². The van der Waals surface area contributed by atoms with Crippen LogP contribution >= 0.6 is 27.5 Å². The van der Waals surface area contributed by atoms with E-state index in [-0.39, 0.29) is 18.3 Å². The molecule has 1 heterocycles. The number of carbonyl (C=O) groups is 1. The molecule has 0 aliphatic rings. The number of aromatic nitrogens is 2. The minimum Gasteiger partial charge on any atom is -0.496 e. The van der Waals surface area contributed by atoms with Crippen LogP contribution in [0.2, 0.25) is 5.02 Å². The maximum absolute atomic E-state index is 13.1.